The lowest BCUT2D eigenvalue weighted by atomic mass is 10.3. The maximum Gasteiger partial charge on any atom is 0.125 e. The lowest BCUT2D eigenvalue weighted by molar-refractivity contribution is 0.625. The molecule has 0 aliphatic rings. The van der Waals surface area contributed by atoms with Gasteiger partial charge in [-0.2, -0.15) is 5.10 Å². The van der Waals surface area contributed by atoms with Crippen LogP contribution in [0.15, 0.2) is 36.7 Å². The van der Waals surface area contributed by atoms with Gasteiger partial charge in [0.2, 0.25) is 0 Å². The molecule has 0 saturated carbocycles. The van der Waals surface area contributed by atoms with E-state index in [0.717, 1.165) is 30.8 Å². The Morgan fingerprint density at radius 3 is 3.06 bits per heavy atom. The summed E-state index contributed by atoms with van der Waals surface area (Å²) < 4.78 is 14.7. The van der Waals surface area contributed by atoms with Gasteiger partial charge in [-0.05, 0) is 31.2 Å². The minimum atomic E-state index is -0.247. The van der Waals surface area contributed by atoms with E-state index in [0.29, 0.717) is 0 Å². The zero-order valence-corrected chi connectivity index (χ0v) is 9.86. The van der Waals surface area contributed by atoms with Gasteiger partial charge in [-0.3, -0.25) is 0 Å². The van der Waals surface area contributed by atoms with Crippen molar-refractivity contribution >= 4 is 0 Å². The average molecular weight is 233 g/mol. The predicted molar refractivity (Wildman–Crippen MR) is 65.5 cm³/mol. The SMILES string of the molecule is CCCNCc1cnn(-c2cccc(F)c2)c1. The number of hydrogen-bond donors (Lipinski definition) is 1. The van der Waals surface area contributed by atoms with Crippen molar-refractivity contribution < 1.29 is 4.39 Å². The molecule has 0 saturated heterocycles. The largest absolute Gasteiger partial charge is 0.313 e. The molecule has 2 rings (SSSR count). The van der Waals surface area contributed by atoms with Gasteiger partial charge in [0.15, 0.2) is 0 Å². The summed E-state index contributed by atoms with van der Waals surface area (Å²) >= 11 is 0. The third-order valence-electron chi connectivity index (χ3n) is 2.46. The predicted octanol–water partition coefficient (Wildman–Crippen LogP) is 2.51. The van der Waals surface area contributed by atoms with Crippen LogP contribution in [0.5, 0.6) is 0 Å². The second kappa shape index (κ2) is 5.59. The minimum absolute atomic E-state index is 0.247. The Bertz CT molecular complexity index is 479. The summed E-state index contributed by atoms with van der Waals surface area (Å²) in [6, 6.07) is 6.41. The van der Waals surface area contributed by atoms with Crippen LogP contribution < -0.4 is 5.32 Å². The van der Waals surface area contributed by atoms with Gasteiger partial charge in [-0.25, -0.2) is 9.07 Å². The molecule has 0 bridgehead atoms. The van der Waals surface area contributed by atoms with E-state index in [-0.39, 0.29) is 5.82 Å². The molecule has 3 nitrogen and oxygen atoms in total. The van der Waals surface area contributed by atoms with E-state index in [9.17, 15) is 4.39 Å². The monoisotopic (exact) mass is 233 g/mol. The van der Waals surface area contributed by atoms with Crippen molar-refractivity contribution in [1.82, 2.24) is 15.1 Å². The number of hydrogen-bond acceptors (Lipinski definition) is 2. The lowest BCUT2D eigenvalue weighted by Crippen LogP contribution is -2.13. The van der Waals surface area contributed by atoms with Crippen LogP contribution >= 0.6 is 0 Å². The topological polar surface area (TPSA) is 29.9 Å². The van der Waals surface area contributed by atoms with Gasteiger partial charge in [0.25, 0.3) is 0 Å². The molecule has 4 heteroatoms. The minimum Gasteiger partial charge on any atom is -0.313 e. The fraction of sp³-hybridized carbons (Fsp3) is 0.308. The normalized spacial score (nSPS) is 10.7. The smallest absolute Gasteiger partial charge is 0.125 e. The Kier molecular flexibility index (Phi) is 3.88. The number of nitrogens with zero attached hydrogens (tertiary/aromatic N) is 2. The molecule has 0 unspecified atom stereocenters. The van der Waals surface area contributed by atoms with Gasteiger partial charge in [0.05, 0.1) is 11.9 Å². The van der Waals surface area contributed by atoms with E-state index >= 15 is 0 Å². The number of halogens is 1. The zero-order chi connectivity index (χ0) is 12.1. The highest BCUT2D eigenvalue weighted by Crippen LogP contribution is 2.09. The molecule has 0 aliphatic carbocycles. The van der Waals surface area contributed by atoms with Gasteiger partial charge in [-0.1, -0.05) is 13.0 Å². The fourth-order valence-corrected chi connectivity index (χ4v) is 1.62. The third kappa shape index (κ3) is 3.14. The Balaban J connectivity index is 2.07. The van der Waals surface area contributed by atoms with Gasteiger partial charge in [0, 0.05) is 18.3 Å². The van der Waals surface area contributed by atoms with Crippen molar-refractivity contribution in [3.05, 3.63) is 48.0 Å². The molecule has 0 radical (unpaired) electrons. The molecule has 0 fully saturated rings. The summed E-state index contributed by atoms with van der Waals surface area (Å²) in [5, 5.41) is 7.52. The Labute approximate surface area is 100 Å². The summed E-state index contributed by atoms with van der Waals surface area (Å²) in [6.07, 6.45) is 4.82. The van der Waals surface area contributed by atoms with E-state index in [4.69, 9.17) is 0 Å². The molecule has 0 atom stereocenters. The summed E-state index contributed by atoms with van der Waals surface area (Å²) in [5.74, 6) is -0.247. The highest BCUT2D eigenvalue weighted by molar-refractivity contribution is 5.31. The van der Waals surface area contributed by atoms with Gasteiger partial charge in [-0.15, -0.1) is 0 Å². The first-order valence-corrected chi connectivity index (χ1v) is 5.80. The maximum atomic E-state index is 13.1. The standard InChI is InChI=1S/C13H16FN3/c1-2-6-15-8-11-9-16-17(10-11)13-5-3-4-12(14)7-13/h3-5,7,9-10,15H,2,6,8H2,1H3. The number of aromatic nitrogens is 2. The van der Waals surface area contributed by atoms with E-state index < -0.39 is 0 Å². The Morgan fingerprint density at radius 1 is 1.41 bits per heavy atom. The summed E-state index contributed by atoms with van der Waals surface area (Å²) in [7, 11) is 0. The number of benzene rings is 1. The van der Waals surface area contributed by atoms with Crippen LogP contribution in [0.3, 0.4) is 0 Å². The lowest BCUT2D eigenvalue weighted by Gasteiger charge is -2.01. The molecule has 0 spiro atoms. The van der Waals surface area contributed by atoms with Crippen LogP contribution in [-0.2, 0) is 6.54 Å². The van der Waals surface area contributed by atoms with Crippen LogP contribution in [0, 0.1) is 5.82 Å². The molecule has 1 N–H and O–H groups in total. The fourth-order valence-electron chi connectivity index (χ4n) is 1.62. The molecule has 1 aromatic heterocycles. The van der Waals surface area contributed by atoms with Gasteiger partial charge < -0.3 is 5.32 Å². The van der Waals surface area contributed by atoms with Crippen LogP contribution in [0.1, 0.15) is 18.9 Å². The third-order valence-corrected chi connectivity index (χ3v) is 2.46. The molecule has 2 aromatic rings. The second-order valence-electron chi connectivity index (χ2n) is 3.95. The van der Waals surface area contributed by atoms with Crippen LogP contribution in [0.2, 0.25) is 0 Å². The van der Waals surface area contributed by atoms with Crippen molar-refractivity contribution in [2.24, 2.45) is 0 Å². The molecular weight excluding hydrogens is 217 g/mol. The summed E-state index contributed by atoms with van der Waals surface area (Å²) in [6.45, 7) is 3.91. The molecular formula is C13H16FN3. The number of nitrogens with one attached hydrogen (secondary N) is 1. The van der Waals surface area contributed by atoms with Crippen molar-refractivity contribution in [3.63, 3.8) is 0 Å². The Morgan fingerprint density at radius 2 is 2.29 bits per heavy atom. The van der Waals surface area contributed by atoms with Crippen molar-refractivity contribution in [1.29, 1.82) is 0 Å². The molecule has 90 valence electrons. The number of rotatable bonds is 5. The first kappa shape index (κ1) is 11.8. The van der Waals surface area contributed by atoms with Gasteiger partial charge >= 0.3 is 0 Å². The van der Waals surface area contributed by atoms with Crippen molar-refractivity contribution in [2.75, 3.05) is 6.54 Å². The van der Waals surface area contributed by atoms with Crippen LogP contribution in [-0.4, -0.2) is 16.3 Å². The average Bonchev–Trinajstić information content (AvgIpc) is 2.78. The van der Waals surface area contributed by atoms with Crippen molar-refractivity contribution in [3.8, 4) is 5.69 Å². The molecule has 0 amide bonds. The zero-order valence-electron chi connectivity index (χ0n) is 9.86. The quantitative estimate of drug-likeness (QED) is 0.804. The van der Waals surface area contributed by atoms with E-state index in [2.05, 4.69) is 17.3 Å². The van der Waals surface area contributed by atoms with E-state index in [1.807, 2.05) is 12.3 Å². The summed E-state index contributed by atoms with van der Waals surface area (Å²) in [5.41, 5.74) is 1.84. The Hall–Kier alpha value is -1.68. The highest BCUT2D eigenvalue weighted by atomic mass is 19.1. The van der Waals surface area contributed by atoms with Crippen LogP contribution in [0.25, 0.3) is 5.69 Å². The molecule has 1 heterocycles. The molecule has 0 aliphatic heterocycles. The van der Waals surface area contributed by atoms with E-state index in [1.54, 1.807) is 16.9 Å². The van der Waals surface area contributed by atoms with E-state index in [1.165, 1.54) is 12.1 Å². The van der Waals surface area contributed by atoms with Crippen molar-refractivity contribution in [2.45, 2.75) is 19.9 Å². The second-order valence-corrected chi connectivity index (χ2v) is 3.95. The molecule has 17 heavy (non-hydrogen) atoms. The summed E-state index contributed by atoms with van der Waals surface area (Å²) in [4.78, 5) is 0. The first-order chi connectivity index (χ1) is 8.29. The molecule has 1 aromatic carbocycles. The highest BCUT2D eigenvalue weighted by Gasteiger charge is 2.01. The van der Waals surface area contributed by atoms with Crippen LogP contribution in [0.4, 0.5) is 4.39 Å². The van der Waals surface area contributed by atoms with Gasteiger partial charge in [0.1, 0.15) is 5.82 Å². The first-order valence-electron chi connectivity index (χ1n) is 5.80. The maximum absolute atomic E-state index is 13.1.